The molecule has 0 atom stereocenters. The number of hydrogen-bond acceptors (Lipinski definition) is 4. The fraction of sp³-hybridized carbons (Fsp3) is 0.462. The van der Waals surface area contributed by atoms with Crippen molar-refractivity contribution in [3.63, 3.8) is 0 Å². The lowest BCUT2D eigenvalue weighted by Gasteiger charge is -2.22. The number of carbonyl (C=O) groups is 1. The maximum absolute atomic E-state index is 12.3. The van der Waals surface area contributed by atoms with Gasteiger partial charge in [-0.3, -0.25) is 4.79 Å². The predicted octanol–water partition coefficient (Wildman–Crippen LogP) is 1.35. The first-order valence-corrected chi connectivity index (χ1v) is 5.95. The molecule has 1 fully saturated rings. The summed E-state index contributed by atoms with van der Waals surface area (Å²) in [7, 11) is 1.58. The standard InChI is InChI=1S/C13H17NO4/c1-18-7-6-14(9-2-3-9)13(17)11-8-10(15)4-5-12(11)16/h4-5,8-9,15-16H,2-3,6-7H2,1H3. The Hall–Kier alpha value is -1.75. The number of rotatable bonds is 5. The quantitative estimate of drug-likeness (QED) is 0.775. The monoisotopic (exact) mass is 251 g/mol. The van der Waals surface area contributed by atoms with E-state index in [0.717, 1.165) is 12.8 Å². The molecule has 2 N–H and O–H groups in total. The van der Waals surface area contributed by atoms with E-state index in [1.54, 1.807) is 12.0 Å². The van der Waals surface area contributed by atoms with Gasteiger partial charge < -0.3 is 19.8 Å². The lowest BCUT2D eigenvalue weighted by atomic mass is 10.1. The van der Waals surface area contributed by atoms with Gasteiger partial charge in [0.05, 0.1) is 12.2 Å². The van der Waals surface area contributed by atoms with Crippen molar-refractivity contribution in [3.05, 3.63) is 23.8 Å². The van der Waals surface area contributed by atoms with Gasteiger partial charge >= 0.3 is 0 Å². The van der Waals surface area contributed by atoms with E-state index in [2.05, 4.69) is 0 Å². The lowest BCUT2D eigenvalue weighted by molar-refractivity contribution is 0.0677. The zero-order valence-corrected chi connectivity index (χ0v) is 10.3. The molecule has 1 aromatic rings. The molecule has 1 aliphatic carbocycles. The fourth-order valence-corrected chi connectivity index (χ4v) is 1.88. The molecule has 1 saturated carbocycles. The van der Waals surface area contributed by atoms with Gasteiger partial charge in [0.15, 0.2) is 0 Å². The summed E-state index contributed by atoms with van der Waals surface area (Å²) in [6.07, 6.45) is 1.96. The molecule has 0 unspecified atom stereocenters. The van der Waals surface area contributed by atoms with Crippen molar-refractivity contribution in [2.45, 2.75) is 18.9 Å². The van der Waals surface area contributed by atoms with Gasteiger partial charge in [-0.1, -0.05) is 0 Å². The second kappa shape index (κ2) is 5.27. The van der Waals surface area contributed by atoms with Crippen LogP contribution in [-0.2, 0) is 4.74 Å². The third-order valence-electron chi connectivity index (χ3n) is 3.00. The maximum Gasteiger partial charge on any atom is 0.258 e. The van der Waals surface area contributed by atoms with Crippen LogP contribution < -0.4 is 0 Å². The SMILES string of the molecule is COCCN(C(=O)c1cc(O)ccc1O)C1CC1. The van der Waals surface area contributed by atoms with Crippen LogP contribution in [0.2, 0.25) is 0 Å². The fourth-order valence-electron chi connectivity index (χ4n) is 1.88. The molecule has 5 nitrogen and oxygen atoms in total. The number of benzene rings is 1. The van der Waals surface area contributed by atoms with Gasteiger partial charge in [0, 0.05) is 19.7 Å². The molecule has 1 aliphatic rings. The molecular weight excluding hydrogens is 234 g/mol. The Morgan fingerprint density at radius 3 is 2.78 bits per heavy atom. The average Bonchev–Trinajstić information content (AvgIpc) is 3.17. The van der Waals surface area contributed by atoms with Crippen LogP contribution in [-0.4, -0.2) is 47.3 Å². The number of nitrogens with zero attached hydrogens (tertiary/aromatic N) is 1. The van der Waals surface area contributed by atoms with Crippen molar-refractivity contribution in [3.8, 4) is 11.5 Å². The Labute approximate surface area is 106 Å². The summed E-state index contributed by atoms with van der Waals surface area (Å²) in [4.78, 5) is 14.0. The first-order chi connectivity index (χ1) is 8.63. The number of ether oxygens (including phenoxy) is 1. The van der Waals surface area contributed by atoms with Crippen LogP contribution in [0, 0.1) is 0 Å². The van der Waals surface area contributed by atoms with Crippen LogP contribution in [0.5, 0.6) is 11.5 Å². The highest BCUT2D eigenvalue weighted by atomic mass is 16.5. The molecule has 0 saturated heterocycles. The highest BCUT2D eigenvalue weighted by Gasteiger charge is 2.33. The highest BCUT2D eigenvalue weighted by Crippen LogP contribution is 2.31. The number of phenolic OH excluding ortho intramolecular Hbond substituents is 2. The van der Waals surface area contributed by atoms with Crippen molar-refractivity contribution in [2.75, 3.05) is 20.3 Å². The summed E-state index contributed by atoms with van der Waals surface area (Å²) in [5.74, 6) is -0.401. The topological polar surface area (TPSA) is 70.0 Å². The van der Waals surface area contributed by atoms with Crippen LogP contribution >= 0.6 is 0 Å². The molecule has 98 valence electrons. The number of phenols is 2. The van der Waals surface area contributed by atoms with Crippen LogP contribution in [0.15, 0.2) is 18.2 Å². The molecule has 0 spiro atoms. The van der Waals surface area contributed by atoms with Crippen LogP contribution in [0.1, 0.15) is 23.2 Å². The van der Waals surface area contributed by atoms with Gasteiger partial charge in [0.1, 0.15) is 11.5 Å². The van der Waals surface area contributed by atoms with Gasteiger partial charge in [-0.05, 0) is 31.0 Å². The van der Waals surface area contributed by atoms with Gasteiger partial charge in [0.2, 0.25) is 0 Å². The predicted molar refractivity (Wildman–Crippen MR) is 65.7 cm³/mol. The zero-order valence-electron chi connectivity index (χ0n) is 10.3. The number of amides is 1. The molecule has 0 bridgehead atoms. The molecule has 1 aromatic carbocycles. The van der Waals surface area contributed by atoms with Gasteiger partial charge in [-0.25, -0.2) is 0 Å². The third kappa shape index (κ3) is 2.73. The van der Waals surface area contributed by atoms with Crippen LogP contribution in [0.25, 0.3) is 0 Å². The minimum Gasteiger partial charge on any atom is -0.508 e. The van der Waals surface area contributed by atoms with Crippen molar-refractivity contribution in [1.82, 2.24) is 4.90 Å². The first kappa shape index (κ1) is 12.7. The Kier molecular flexibility index (Phi) is 3.72. The van der Waals surface area contributed by atoms with E-state index in [9.17, 15) is 15.0 Å². The number of aromatic hydroxyl groups is 2. The van der Waals surface area contributed by atoms with Crippen molar-refractivity contribution >= 4 is 5.91 Å². The van der Waals surface area contributed by atoms with Gasteiger partial charge in [-0.15, -0.1) is 0 Å². The largest absolute Gasteiger partial charge is 0.508 e. The maximum atomic E-state index is 12.3. The Morgan fingerprint density at radius 1 is 1.44 bits per heavy atom. The van der Waals surface area contributed by atoms with E-state index in [0.29, 0.717) is 13.2 Å². The molecule has 2 rings (SSSR count). The van der Waals surface area contributed by atoms with E-state index in [1.165, 1.54) is 18.2 Å². The van der Waals surface area contributed by atoms with E-state index < -0.39 is 0 Å². The molecule has 5 heteroatoms. The van der Waals surface area contributed by atoms with Gasteiger partial charge in [-0.2, -0.15) is 0 Å². The van der Waals surface area contributed by atoms with Crippen LogP contribution in [0.3, 0.4) is 0 Å². The first-order valence-electron chi connectivity index (χ1n) is 5.95. The van der Waals surface area contributed by atoms with E-state index in [4.69, 9.17) is 4.74 Å². The minimum atomic E-state index is -0.261. The van der Waals surface area contributed by atoms with Crippen molar-refractivity contribution in [2.24, 2.45) is 0 Å². The summed E-state index contributed by atoms with van der Waals surface area (Å²) in [5.41, 5.74) is 0.137. The molecule has 1 amide bonds. The molecule has 0 heterocycles. The summed E-state index contributed by atoms with van der Waals surface area (Å²) in [5, 5.41) is 19.1. The molecule has 0 aromatic heterocycles. The van der Waals surface area contributed by atoms with Crippen molar-refractivity contribution in [1.29, 1.82) is 0 Å². The number of carbonyl (C=O) groups excluding carboxylic acids is 1. The minimum absolute atomic E-state index is 0.0290. The lowest BCUT2D eigenvalue weighted by Crippen LogP contribution is -2.35. The third-order valence-corrected chi connectivity index (χ3v) is 3.00. The summed E-state index contributed by atoms with van der Waals surface area (Å²) >= 11 is 0. The summed E-state index contributed by atoms with van der Waals surface area (Å²) < 4.78 is 4.98. The number of methoxy groups -OCH3 is 1. The summed E-state index contributed by atoms with van der Waals surface area (Å²) in [6, 6.07) is 4.20. The van der Waals surface area contributed by atoms with Crippen LogP contribution in [0.4, 0.5) is 0 Å². The second-order valence-electron chi connectivity index (χ2n) is 4.42. The normalized spacial score (nSPS) is 14.5. The van der Waals surface area contributed by atoms with Gasteiger partial charge in [0.25, 0.3) is 5.91 Å². The molecule has 0 radical (unpaired) electrons. The summed E-state index contributed by atoms with van der Waals surface area (Å²) in [6.45, 7) is 0.955. The molecule has 18 heavy (non-hydrogen) atoms. The molecular formula is C13H17NO4. The second-order valence-corrected chi connectivity index (χ2v) is 4.42. The van der Waals surface area contributed by atoms with E-state index in [1.807, 2.05) is 0 Å². The Morgan fingerprint density at radius 2 is 2.17 bits per heavy atom. The zero-order chi connectivity index (χ0) is 13.1. The Balaban J connectivity index is 2.19. The smallest absolute Gasteiger partial charge is 0.258 e. The average molecular weight is 251 g/mol. The molecule has 0 aliphatic heterocycles. The van der Waals surface area contributed by atoms with E-state index >= 15 is 0 Å². The van der Waals surface area contributed by atoms with E-state index in [-0.39, 0.29) is 29.0 Å². The Bertz CT molecular complexity index is 443. The van der Waals surface area contributed by atoms with Crippen molar-refractivity contribution < 1.29 is 19.7 Å². The number of hydrogen-bond donors (Lipinski definition) is 2. The highest BCUT2D eigenvalue weighted by molar-refractivity contribution is 5.97.